The third-order valence-electron chi connectivity index (χ3n) is 15.9. The first-order valence-corrected chi connectivity index (χ1v) is 22.1. The van der Waals surface area contributed by atoms with Crippen molar-refractivity contribution in [3.8, 4) is 56.4 Å². The van der Waals surface area contributed by atoms with Gasteiger partial charge in [0.15, 0.2) is 23.2 Å². The second kappa shape index (κ2) is 13.3. The van der Waals surface area contributed by atoms with Gasteiger partial charge in [-0.05, 0) is 169 Å². The summed E-state index contributed by atoms with van der Waals surface area (Å²) in [5.41, 5.74) is 11.8. The fourth-order valence-corrected chi connectivity index (χ4v) is 14.2. The molecule has 0 saturated heterocycles. The minimum Gasteiger partial charge on any atom is -0.238 e. The molecular formula is C54H50N4. The van der Waals surface area contributed by atoms with Gasteiger partial charge >= 0.3 is 0 Å². The third kappa shape index (κ3) is 5.87. The molecule has 0 radical (unpaired) electrons. The molecule has 1 heterocycles. The average molecular weight is 755 g/mol. The molecule has 0 spiro atoms. The number of rotatable bonds is 7. The van der Waals surface area contributed by atoms with Crippen LogP contribution in [0.25, 0.3) is 61.3 Å². The first-order valence-electron chi connectivity index (χ1n) is 22.1. The van der Waals surface area contributed by atoms with Gasteiger partial charge in [-0.3, -0.25) is 0 Å². The molecule has 0 amide bonds. The molecular weight excluding hydrogens is 705 g/mol. The van der Waals surface area contributed by atoms with Crippen molar-refractivity contribution < 1.29 is 0 Å². The predicted molar refractivity (Wildman–Crippen MR) is 233 cm³/mol. The van der Waals surface area contributed by atoms with Gasteiger partial charge < -0.3 is 0 Å². The number of nitrogens with zero attached hydrogens (tertiary/aromatic N) is 4. The zero-order valence-electron chi connectivity index (χ0n) is 33.3. The van der Waals surface area contributed by atoms with E-state index in [2.05, 4.69) is 108 Å². The number of hydrogen-bond donors (Lipinski definition) is 0. The summed E-state index contributed by atoms with van der Waals surface area (Å²) in [6, 6.07) is 43.8. The van der Waals surface area contributed by atoms with Gasteiger partial charge in [0.05, 0.1) is 6.57 Å². The van der Waals surface area contributed by atoms with Crippen LogP contribution < -0.4 is 0 Å². The van der Waals surface area contributed by atoms with Crippen LogP contribution in [0, 0.1) is 42.1 Å². The molecule has 6 aromatic rings. The zero-order chi connectivity index (χ0) is 38.4. The van der Waals surface area contributed by atoms with E-state index < -0.39 is 0 Å². The summed E-state index contributed by atoms with van der Waals surface area (Å²) in [7, 11) is 0. The summed E-state index contributed by atoms with van der Waals surface area (Å²) >= 11 is 0. The Morgan fingerprint density at radius 3 is 1.36 bits per heavy atom. The van der Waals surface area contributed by atoms with Gasteiger partial charge in [0.2, 0.25) is 0 Å². The molecule has 14 rings (SSSR count). The van der Waals surface area contributed by atoms with Crippen LogP contribution in [-0.2, 0) is 10.8 Å². The molecule has 5 aromatic carbocycles. The Balaban J connectivity index is 0.938. The Morgan fingerprint density at radius 2 is 0.828 bits per heavy atom. The van der Waals surface area contributed by atoms with Gasteiger partial charge in [0, 0.05) is 16.7 Å². The Bertz CT molecular complexity index is 2520. The summed E-state index contributed by atoms with van der Waals surface area (Å²) in [6.07, 6.45) is 16.9. The molecule has 0 N–H and O–H groups in total. The van der Waals surface area contributed by atoms with E-state index >= 15 is 0 Å². The van der Waals surface area contributed by atoms with E-state index in [1.54, 1.807) is 5.56 Å². The van der Waals surface area contributed by atoms with Crippen molar-refractivity contribution in [3.05, 3.63) is 144 Å². The predicted octanol–water partition coefficient (Wildman–Crippen LogP) is 13.7. The second-order valence-electron chi connectivity index (χ2n) is 19.6. The molecule has 58 heavy (non-hydrogen) atoms. The van der Waals surface area contributed by atoms with Crippen LogP contribution in [0.3, 0.4) is 0 Å². The van der Waals surface area contributed by atoms with Gasteiger partial charge in [-0.25, -0.2) is 19.8 Å². The van der Waals surface area contributed by atoms with Crippen LogP contribution >= 0.6 is 0 Å². The monoisotopic (exact) mass is 754 g/mol. The lowest BCUT2D eigenvalue weighted by atomic mass is 9.48. The van der Waals surface area contributed by atoms with E-state index in [0.29, 0.717) is 34.0 Å². The fourth-order valence-electron chi connectivity index (χ4n) is 14.2. The summed E-state index contributed by atoms with van der Waals surface area (Å²) in [4.78, 5) is 19.5. The van der Waals surface area contributed by atoms with Crippen molar-refractivity contribution in [2.75, 3.05) is 0 Å². The van der Waals surface area contributed by atoms with E-state index in [9.17, 15) is 0 Å². The molecule has 8 saturated carbocycles. The first-order chi connectivity index (χ1) is 28.5. The smallest absolute Gasteiger partial charge is 0.187 e. The average Bonchev–Trinajstić information content (AvgIpc) is 3.25. The Labute approximate surface area is 343 Å². The highest BCUT2D eigenvalue weighted by atomic mass is 15.0. The quantitative estimate of drug-likeness (QED) is 0.152. The maximum Gasteiger partial charge on any atom is 0.187 e. The number of aromatic nitrogens is 3. The fraction of sp³-hybridized carbons (Fsp3) is 0.370. The molecule has 0 atom stereocenters. The highest BCUT2D eigenvalue weighted by Crippen LogP contribution is 2.62. The summed E-state index contributed by atoms with van der Waals surface area (Å²) in [5.74, 6) is 7.55. The SMILES string of the molecule is [C-]#[N+]c1cccc(-c2cccc(-c3nc(-c4ccc(C56CC7CC(CC(C7)C5)C6)cc4)nc(-c4ccccc4-c4ccc(C56CC7CC(CC(C7)C5)C6)cc4)n3)c2)c1. The summed E-state index contributed by atoms with van der Waals surface area (Å²) in [5, 5.41) is 0. The Kier molecular flexibility index (Phi) is 7.95. The Hall–Kier alpha value is -5.40. The van der Waals surface area contributed by atoms with Crippen molar-refractivity contribution in [1.29, 1.82) is 0 Å². The molecule has 8 aliphatic carbocycles. The lowest BCUT2D eigenvalue weighted by Crippen LogP contribution is -2.48. The van der Waals surface area contributed by atoms with Gasteiger partial charge in [-0.1, -0.05) is 109 Å². The maximum atomic E-state index is 7.58. The van der Waals surface area contributed by atoms with Crippen molar-refractivity contribution in [2.24, 2.45) is 35.5 Å². The molecule has 4 heteroatoms. The van der Waals surface area contributed by atoms with Crippen LogP contribution in [0.4, 0.5) is 5.69 Å². The number of hydrogen-bond acceptors (Lipinski definition) is 3. The minimum atomic E-state index is 0.345. The molecule has 0 unspecified atom stereocenters. The standard InChI is InChI=1S/C54H50N4/c1-55-47-9-5-7-43(27-47)42-6-4-8-44(26-42)51-56-50(41-14-18-46(19-15-41)54-31-37-23-38(32-54)25-39(24-37)33-54)57-52(58-51)49-11-3-2-10-48(49)40-12-16-45(17-13-40)53-28-34-20-35(29-53)22-36(21-34)30-53/h2-19,26-27,34-39H,20-25,28-33H2. The van der Waals surface area contributed by atoms with Gasteiger partial charge in [0.25, 0.3) is 0 Å². The van der Waals surface area contributed by atoms with Gasteiger partial charge in [-0.15, -0.1) is 0 Å². The van der Waals surface area contributed by atoms with Crippen molar-refractivity contribution in [1.82, 2.24) is 15.0 Å². The van der Waals surface area contributed by atoms with Crippen LogP contribution in [0.1, 0.15) is 88.2 Å². The van der Waals surface area contributed by atoms with Crippen molar-refractivity contribution in [2.45, 2.75) is 87.9 Å². The molecule has 286 valence electrons. The van der Waals surface area contributed by atoms with E-state index in [4.69, 9.17) is 21.5 Å². The molecule has 8 aliphatic rings. The van der Waals surface area contributed by atoms with E-state index in [0.717, 1.165) is 68.9 Å². The van der Waals surface area contributed by atoms with Crippen LogP contribution in [-0.4, -0.2) is 15.0 Å². The topological polar surface area (TPSA) is 43.0 Å². The van der Waals surface area contributed by atoms with E-state index in [-0.39, 0.29) is 0 Å². The molecule has 8 fully saturated rings. The van der Waals surface area contributed by atoms with Gasteiger partial charge in [0.1, 0.15) is 0 Å². The normalized spacial score (nSPS) is 30.1. The molecule has 0 aliphatic heterocycles. The molecule has 8 bridgehead atoms. The lowest BCUT2D eigenvalue weighted by Gasteiger charge is -2.57. The highest BCUT2D eigenvalue weighted by Gasteiger charge is 2.52. The number of benzene rings is 5. The summed E-state index contributed by atoms with van der Waals surface area (Å²) in [6.45, 7) is 7.58. The lowest BCUT2D eigenvalue weighted by molar-refractivity contribution is -0.00530. The minimum absolute atomic E-state index is 0.345. The zero-order valence-corrected chi connectivity index (χ0v) is 33.3. The third-order valence-corrected chi connectivity index (χ3v) is 15.9. The maximum absolute atomic E-state index is 7.58. The van der Waals surface area contributed by atoms with Crippen LogP contribution in [0.2, 0.25) is 0 Å². The second-order valence-corrected chi connectivity index (χ2v) is 19.6. The first kappa shape index (κ1) is 34.6. The van der Waals surface area contributed by atoms with Crippen LogP contribution in [0.5, 0.6) is 0 Å². The van der Waals surface area contributed by atoms with Crippen molar-refractivity contribution >= 4 is 5.69 Å². The summed E-state index contributed by atoms with van der Waals surface area (Å²) < 4.78 is 0. The van der Waals surface area contributed by atoms with E-state index in [1.807, 2.05) is 18.2 Å². The Morgan fingerprint density at radius 1 is 0.397 bits per heavy atom. The highest BCUT2D eigenvalue weighted by molar-refractivity contribution is 5.82. The van der Waals surface area contributed by atoms with Crippen molar-refractivity contribution in [3.63, 3.8) is 0 Å². The largest absolute Gasteiger partial charge is 0.238 e. The molecule has 1 aromatic heterocycles. The van der Waals surface area contributed by atoms with E-state index in [1.165, 1.54) is 88.2 Å². The molecule has 4 nitrogen and oxygen atoms in total. The van der Waals surface area contributed by atoms with Gasteiger partial charge in [-0.2, -0.15) is 0 Å². The van der Waals surface area contributed by atoms with Crippen LogP contribution in [0.15, 0.2) is 121 Å².